The van der Waals surface area contributed by atoms with Crippen LogP contribution < -0.4 is 5.32 Å². The first-order valence-electron chi connectivity index (χ1n) is 7.89. The average Bonchev–Trinajstić information content (AvgIpc) is 2.87. The number of nitrogens with zero attached hydrogens (tertiary/aromatic N) is 3. The Morgan fingerprint density at radius 3 is 2.83 bits per heavy atom. The van der Waals surface area contributed by atoms with Crippen LogP contribution >= 0.6 is 15.9 Å². The zero-order chi connectivity index (χ0) is 17.7. The van der Waals surface area contributed by atoms with Crippen molar-refractivity contribution in [2.75, 3.05) is 18.9 Å². The lowest BCUT2D eigenvalue weighted by Crippen LogP contribution is -2.30. The molecule has 2 rings (SSSR count). The van der Waals surface area contributed by atoms with Crippen LogP contribution in [0.2, 0.25) is 0 Å². The average molecular weight is 395 g/mol. The number of rotatable bonds is 7. The summed E-state index contributed by atoms with van der Waals surface area (Å²) in [7, 11) is 1.85. The van der Waals surface area contributed by atoms with E-state index in [1.165, 1.54) is 0 Å². The molecule has 1 aromatic heterocycles. The van der Waals surface area contributed by atoms with Crippen LogP contribution in [0.3, 0.4) is 0 Å². The molecule has 0 fully saturated rings. The van der Waals surface area contributed by atoms with Crippen molar-refractivity contribution >= 4 is 27.5 Å². The molecule has 1 N–H and O–H groups in total. The third-order valence-electron chi connectivity index (χ3n) is 3.38. The minimum absolute atomic E-state index is 0.0789. The summed E-state index contributed by atoms with van der Waals surface area (Å²) in [6, 6.07) is 5.75. The Balaban J connectivity index is 1.86. The molecular formula is C17H23BrN4O2. The highest BCUT2D eigenvalue weighted by Gasteiger charge is 2.13. The number of anilines is 1. The topological polar surface area (TPSA) is 71.3 Å². The number of aromatic nitrogens is 2. The Morgan fingerprint density at radius 2 is 2.17 bits per heavy atom. The standard InChI is InChI=1S/C17H23BrN4O2/c1-11(2)7-15-20-17(24-21-15)10-22(4)9-16(23)19-14-6-5-13(18)8-12(14)3/h5-6,8,11H,7,9-10H2,1-4H3,(H,19,23). The summed E-state index contributed by atoms with van der Waals surface area (Å²) < 4.78 is 6.22. The van der Waals surface area contributed by atoms with Crippen LogP contribution in [0.15, 0.2) is 27.2 Å². The molecule has 0 aliphatic carbocycles. The Hall–Kier alpha value is -1.73. The van der Waals surface area contributed by atoms with Crippen molar-refractivity contribution in [1.29, 1.82) is 0 Å². The van der Waals surface area contributed by atoms with E-state index in [1.54, 1.807) is 0 Å². The van der Waals surface area contributed by atoms with Crippen LogP contribution in [0.25, 0.3) is 0 Å². The number of hydrogen-bond acceptors (Lipinski definition) is 5. The summed E-state index contributed by atoms with van der Waals surface area (Å²) in [5, 5.41) is 6.88. The van der Waals surface area contributed by atoms with Gasteiger partial charge < -0.3 is 9.84 Å². The third-order valence-corrected chi connectivity index (χ3v) is 3.88. The highest BCUT2D eigenvalue weighted by Crippen LogP contribution is 2.20. The summed E-state index contributed by atoms with van der Waals surface area (Å²) in [6.07, 6.45) is 0.788. The van der Waals surface area contributed by atoms with Gasteiger partial charge in [0, 0.05) is 16.6 Å². The van der Waals surface area contributed by atoms with Gasteiger partial charge in [-0.15, -0.1) is 0 Å². The zero-order valence-corrected chi connectivity index (χ0v) is 16.1. The summed E-state index contributed by atoms with van der Waals surface area (Å²) in [5.74, 6) is 1.64. The third kappa shape index (κ3) is 5.72. The molecule has 0 bridgehead atoms. The maximum absolute atomic E-state index is 12.2. The van der Waals surface area contributed by atoms with Gasteiger partial charge in [-0.3, -0.25) is 9.69 Å². The van der Waals surface area contributed by atoms with E-state index in [-0.39, 0.29) is 12.5 Å². The van der Waals surface area contributed by atoms with E-state index in [1.807, 2.05) is 37.1 Å². The summed E-state index contributed by atoms with van der Waals surface area (Å²) in [4.78, 5) is 18.4. The van der Waals surface area contributed by atoms with E-state index in [2.05, 4.69) is 45.2 Å². The van der Waals surface area contributed by atoms with Crippen molar-refractivity contribution in [3.8, 4) is 0 Å². The first-order valence-corrected chi connectivity index (χ1v) is 8.68. The summed E-state index contributed by atoms with van der Waals surface area (Å²) in [5.41, 5.74) is 1.82. The van der Waals surface area contributed by atoms with Crippen molar-refractivity contribution in [3.63, 3.8) is 0 Å². The second-order valence-corrected chi connectivity index (χ2v) is 7.30. The molecule has 130 valence electrons. The molecule has 1 aromatic carbocycles. The SMILES string of the molecule is Cc1cc(Br)ccc1NC(=O)CN(C)Cc1nc(CC(C)C)no1. The number of hydrogen-bond donors (Lipinski definition) is 1. The van der Waals surface area contributed by atoms with Crippen molar-refractivity contribution in [2.24, 2.45) is 5.92 Å². The molecular weight excluding hydrogens is 372 g/mol. The molecule has 0 atom stereocenters. The summed E-state index contributed by atoms with van der Waals surface area (Å²) in [6.45, 7) is 6.86. The Kier molecular flexibility index (Phi) is 6.51. The van der Waals surface area contributed by atoms with Crippen molar-refractivity contribution in [1.82, 2.24) is 15.0 Å². The van der Waals surface area contributed by atoms with Crippen LogP contribution in [0, 0.1) is 12.8 Å². The highest BCUT2D eigenvalue weighted by atomic mass is 79.9. The quantitative estimate of drug-likeness (QED) is 0.778. The van der Waals surface area contributed by atoms with Gasteiger partial charge in [-0.25, -0.2) is 0 Å². The lowest BCUT2D eigenvalue weighted by Gasteiger charge is -2.15. The number of benzene rings is 1. The van der Waals surface area contributed by atoms with Crippen molar-refractivity contribution < 1.29 is 9.32 Å². The van der Waals surface area contributed by atoms with Crippen LogP contribution in [0.4, 0.5) is 5.69 Å². The van der Waals surface area contributed by atoms with Gasteiger partial charge in [-0.05, 0) is 43.7 Å². The van der Waals surface area contributed by atoms with Crippen LogP contribution in [-0.2, 0) is 17.8 Å². The van der Waals surface area contributed by atoms with Gasteiger partial charge in [0.25, 0.3) is 0 Å². The number of carbonyl (C=O) groups excluding carboxylic acids is 1. The Morgan fingerprint density at radius 1 is 1.42 bits per heavy atom. The second-order valence-electron chi connectivity index (χ2n) is 6.38. The van der Waals surface area contributed by atoms with Gasteiger partial charge >= 0.3 is 0 Å². The largest absolute Gasteiger partial charge is 0.338 e. The van der Waals surface area contributed by atoms with Gasteiger partial charge in [-0.1, -0.05) is 34.9 Å². The Bertz CT molecular complexity index is 700. The first kappa shape index (κ1) is 18.6. The molecule has 24 heavy (non-hydrogen) atoms. The van der Waals surface area contributed by atoms with E-state index in [9.17, 15) is 4.79 Å². The molecule has 0 aliphatic rings. The molecule has 0 aliphatic heterocycles. The normalized spacial score (nSPS) is 11.3. The predicted molar refractivity (Wildman–Crippen MR) is 96.7 cm³/mol. The van der Waals surface area contributed by atoms with E-state index >= 15 is 0 Å². The van der Waals surface area contributed by atoms with E-state index in [0.717, 1.165) is 22.1 Å². The van der Waals surface area contributed by atoms with Crippen molar-refractivity contribution in [2.45, 2.75) is 33.7 Å². The number of carbonyl (C=O) groups is 1. The predicted octanol–water partition coefficient (Wildman–Crippen LogP) is 3.41. The van der Waals surface area contributed by atoms with Gasteiger partial charge in [0.05, 0.1) is 13.1 Å². The fraction of sp³-hybridized carbons (Fsp3) is 0.471. The molecule has 1 amide bonds. The molecule has 0 saturated heterocycles. The maximum Gasteiger partial charge on any atom is 0.240 e. The number of likely N-dealkylation sites (N-methyl/N-ethyl adjacent to an activating group) is 1. The van der Waals surface area contributed by atoms with E-state index in [4.69, 9.17) is 4.52 Å². The first-order chi connectivity index (χ1) is 11.3. The number of amides is 1. The van der Waals surface area contributed by atoms with Crippen molar-refractivity contribution in [3.05, 3.63) is 40.0 Å². The zero-order valence-electron chi connectivity index (χ0n) is 14.5. The molecule has 7 heteroatoms. The molecule has 2 aromatic rings. The van der Waals surface area contributed by atoms with Gasteiger partial charge in [-0.2, -0.15) is 4.98 Å². The number of aryl methyl sites for hydroxylation is 1. The monoisotopic (exact) mass is 394 g/mol. The highest BCUT2D eigenvalue weighted by molar-refractivity contribution is 9.10. The van der Waals surface area contributed by atoms with E-state index < -0.39 is 0 Å². The minimum Gasteiger partial charge on any atom is -0.338 e. The molecule has 0 spiro atoms. The number of halogens is 1. The fourth-order valence-electron chi connectivity index (χ4n) is 2.29. The lowest BCUT2D eigenvalue weighted by atomic mass is 10.1. The van der Waals surface area contributed by atoms with Gasteiger partial charge in [0.1, 0.15) is 0 Å². The molecule has 0 saturated carbocycles. The molecule has 0 unspecified atom stereocenters. The minimum atomic E-state index is -0.0789. The van der Waals surface area contributed by atoms with Crippen LogP contribution in [0.1, 0.15) is 31.1 Å². The smallest absolute Gasteiger partial charge is 0.240 e. The molecule has 6 nitrogen and oxygen atoms in total. The summed E-state index contributed by atoms with van der Waals surface area (Å²) >= 11 is 3.41. The van der Waals surface area contributed by atoms with Crippen LogP contribution in [-0.4, -0.2) is 34.5 Å². The Labute approximate surface area is 150 Å². The molecule has 0 radical (unpaired) electrons. The molecule has 1 heterocycles. The maximum atomic E-state index is 12.2. The van der Waals surface area contributed by atoms with E-state index in [0.29, 0.717) is 24.2 Å². The lowest BCUT2D eigenvalue weighted by molar-refractivity contribution is -0.117. The van der Waals surface area contributed by atoms with Gasteiger partial charge in [0.2, 0.25) is 11.8 Å². The second kappa shape index (κ2) is 8.39. The van der Waals surface area contributed by atoms with Crippen LogP contribution in [0.5, 0.6) is 0 Å². The number of nitrogens with one attached hydrogen (secondary N) is 1. The van der Waals surface area contributed by atoms with Gasteiger partial charge in [0.15, 0.2) is 5.82 Å². The fourth-order valence-corrected chi connectivity index (χ4v) is 2.77.